The van der Waals surface area contributed by atoms with Gasteiger partial charge in [-0.1, -0.05) is 54.6 Å². The van der Waals surface area contributed by atoms with Gasteiger partial charge < -0.3 is 15.1 Å². The normalized spacial score (nSPS) is 14.4. The van der Waals surface area contributed by atoms with Gasteiger partial charge in [0.15, 0.2) is 0 Å². The Morgan fingerprint density at radius 1 is 0.895 bits per heavy atom. The number of rotatable bonds is 7. The summed E-state index contributed by atoms with van der Waals surface area (Å²) in [6, 6.07) is 21.2. The minimum Gasteiger partial charge on any atom is -0.508 e. The Labute approximate surface area is 223 Å². The molecule has 3 aromatic carbocycles. The number of aryl methyl sites for hydroxylation is 1. The summed E-state index contributed by atoms with van der Waals surface area (Å²) in [5, 5.41) is 39.6. The van der Waals surface area contributed by atoms with Crippen molar-refractivity contribution in [2.45, 2.75) is 26.4 Å². The second kappa shape index (κ2) is 11.1. The molecule has 0 bridgehead atoms. The predicted molar refractivity (Wildman–Crippen MR) is 147 cm³/mol. The van der Waals surface area contributed by atoms with Crippen LogP contribution in [0.2, 0.25) is 0 Å². The van der Waals surface area contributed by atoms with E-state index >= 15 is 0 Å². The maximum atomic E-state index is 10.8. The van der Waals surface area contributed by atoms with Crippen LogP contribution in [0.3, 0.4) is 0 Å². The molecule has 38 heavy (non-hydrogen) atoms. The fourth-order valence-corrected chi connectivity index (χ4v) is 4.95. The van der Waals surface area contributed by atoms with Crippen molar-refractivity contribution in [1.29, 1.82) is 5.26 Å². The summed E-state index contributed by atoms with van der Waals surface area (Å²) in [5.41, 5.74) is 6.06. The van der Waals surface area contributed by atoms with Crippen molar-refractivity contribution >= 4 is 0 Å². The first-order chi connectivity index (χ1) is 18.5. The second-order valence-electron chi connectivity index (χ2n) is 9.84. The van der Waals surface area contributed by atoms with Gasteiger partial charge >= 0.3 is 0 Å². The molecule has 1 fully saturated rings. The fourth-order valence-electron chi connectivity index (χ4n) is 4.95. The zero-order valence-electron chi connectivity index (χ0n) is 21.8. The summed E-state index contributed by atoms with van der Waals surface area (Å²) in [7, 11) is 2.16. The third-order valence-corrected chi connectivity index (χ3v) is 7.26. The third-order valence-electron chi connectivity index (χ3n) is 7.26. The lowest BCUT2D eigenvalue weighted by Crippen LogP contribution is -2.43. The first-order valence-corrected chi connectivity index (χ1v) is 12.9. The Balaban J connectivity index is 1.55. The minimum atomic E-state index is -0.0582. The van der Waals surface area contributed by atoms with Crippen LogP contribution >= 0.6 is 0 Å². The van der Waals surface area contributed by atoms with Crippen molar-refractivity contribution in [3.63, 3.8) is 0 Å². The molecule has 8 nitrogen and oxygen atoms in total. The molecule has 0 spiro atoms. The molecule has 1 aromatic heterocycles. The quantitative estimate of drug-likeness (QED) is 0.385. The minimum absolute atomic E-state index is 0.0545. The number of nitrogens with zero attached hydrogens (tertiary/aromatic N) is 6. The summed E-state index contributed by atoms with van der Waals surface area (Å²) >= 11 is 0. The largest absolute Gasteiger partial charge is 0.508 e. The summed E-state index contributed by atoms with van der Waals surface area (Å²) in [4.78, 5) is 4.81. The molecule has 0 unspecified atom stereocenters. The zero-order valence-corrected chi connectivity index (χ0v) is 21.8. The molecule has 0 saturated carbocycles. The van der Waals surface area contributed by atoms with Gasteiger partial charge in [0.25, 0.3) is 0 Å². The van der Waals surface area contributed by atoms with Crippen LogP contribution in [0.25, 0.3) is 22.5 Å². The molecule has 5 rings (SSSR count). The molecule has 4 aromatic rings. The van der Waals surface area contributed by atoms with E-state index in [2.05, 4.69) is 57.5 Å². The van der Waals surface area contributed by atoms with E-state index in [9.17, 15) is 15.5 Å². The summed E-state index contributed by atoms with van der Waals surface area (Å²) < 4.78 is 1.78. The lowest BCUT2D eigenvalue weighted by molar-refractivity contribution is 0.148. The van der Waals surface area contributed by atoms with E-state index in [1.54, 1.807) is 16.8 Å². The number of piperazine rings is 1. The molecule has 0 amide bonds. The average Bonchev–Trinajstić information content (AvgIpc) is 3.34. The lowest BCUT2D eigenvalue weighted by Gasteiger charge is -2.32. The maximum absolute atomic E-state index is 10.8. The van der Waals surface area contributed by atoms with E-state index in [0.29, 0.717) is 29.8 Å². The predicted octanol–water partition coefficient (Wildman–Crippen LogP) is 4.25. The molecular weight excluding hydrogens is 476 g/mol. The standard InChI is InChI=1S/C30H32N6O2/c1-3-22-16-26(28(38)17-27(22)37)29-30(36(33-32-29)20-25-7-5-4-6-24(25)18-31)23-10-8-21(9-11-23)19-35-14-12-34(2)13-15-35/h4-11,16-17,37-38H,3,12-15,19-20H2,1-2H3. The average molecular weight is 509 g/mol. The van der Waals surface area contributed by atoms with Gasteiger partial charge in [0.1, 0.15) is 17.2 Å². The van der Waals surface area contributed by atoms with Gasteiger partial charge in [-0.3, -0.25) is 4.90 Å². The topological polar surface area (TPSA) is 101 Å². The Morgan fingerprint density at radius 2 is 1.63 bits per heavy atom. The van der Waals surface area contributed by atoms with Gasteiger partial charge in [-0.25, -0.2) is 4.68 Å². The van der Waals surface area contributed by atoms with Crippen molar-refractivity contribution in [1.82, 2.24) is 24.8 Å². The van der Waals surface area contributed by atoms with E-state index in [1.165, 1.54) is 11.6 Å². The number of benzene rings is 3. The van der Waals surface area contributed by atoms with E-state index in [0.717, 1.165) is 55.1 Å². The third kappa shape index (κ3) is 5.25. The highest BCUT2D eigenvalue weighted by Gasteiger charge is 2.22. The number of phenolic OH excluding ortho intramolecular Hbond substituents is 2. The summed E-state index contributed by atoms with van der Waals surface area (Å²) in [5.74, 6) is -0.00369. The van der Waals surface area contributed by atoms with Gasteiger partial charge in [-0.2, -0.15) is 5.26 Å². The lowest BCUT2D eigenvalue weighted by atomic mass is 9.99. The highest BCUT2D eigenvalue weighted by molar-refractivity contribution is 5.82. The molecule has 8 heteroatoms. The van der Waals surface area contributed by atoms with Crippen LogP contribution in [0.4, 0.5) is 0 Å². The van der Waals surface area contributed by atoms with Crippen LogP contribution < -0.4 is 0 Å². The molecule has 1 aliphatic heterocycles. The fraction of sp³-hybridized carbons (Fsp3) is 0.300. The molecule has 1 aliphatic rings. The van der Waals surface area contributed by atoms with Crippen LogP contribution in [0.5, 0.6) is 11.5 Å². The number of likely N-dealkylation sites (N-methyl/N-ethyl adjacent to an activating group) is 1. The van der Waals surface area contributed by atoms with E-state index < -0.39 is 0 Å². The monoisotopic (exact) mass is 508 g/mol. The zero-order chi connectivity index (χ0) is 26.6. The van der Waals surface area contributed by atoms with Crippen LogP contribution in [0.1, 0.15) is 29.2 Å². The van der Waals surface area contributed by atoms with Crippen LogP contribution in [0.15, 0.2) is 60.7 Å². The van der Waals surface area contributed by atoms with E-state index in [-0.39, 0.29) is 11.5 Å². The highest BCUT2D eigenvalue weighted by Crippen LogP contribution is 2.39. The summed E-state index contributed by atoms with van der Waals surface area (Å²) in [6.07, 6.45) is 0.610. The first kappa shape index (κ1) is 25.5. The van der Waals surface area contributed by atoms with E-state index in [1.807, 2.05) is 25.1 Å². The molecule has 2 N–H and O–H groups in total. The SMILES string of the molecule is CCc1cc(-c2nnn(Cc3ccccc3C#N)c2-c2ccc(CN3CCN(C)CC3)cc2)c(O)cc1O. The van der Waals surface area contributed by atoms with E-state index in [4.69, 9.17) is 0 Å². The highest BCUT2D eigenvalue weighted by atomic mass is 16.3. The molecule has 0 radical (unpaired) electrons. The van der Waals surface area contributed by atoms with Gasteiger partial charge in [0.05, 0.1) is 23.9 Å². The molecule has 194 valence electrons. The number of nitriles is 1. The Bertz CT molecular complexity index is 1460. The first-order valence-electron chi connectivity index (χ1n) is 12.9. The van der Waals surface area contributed by atoms with Gasteiger partial charge in [0.2, 0.25) is 0 Å². The van der Waals surface area contributed by atoms with Crippen molar-refractivity contribution in [2.24, 2.45) is 0 Å². The van der Waals surface area contributed by atoms with Crippen LogP contribution in [0, 0.1) is 11.3 Å². The molecule has 0 aliphatic carbocycles. The smallest absolute Gasteiger partial charge is 0.128 e. The molecule has 2 heterocycles. The number of aromatic hydroxyl groups is 2. The molecule has 1 saturated heterocycles. The van der Waals surface area contributed by atoms with Crippen molar-refractivity contribution in [3.8, 4) is 40.1 Å². The van der Waals surface area contributed by atoms with Gasteiger partial charge in [0, 0.05) is 49.9 Å². The number of hydrogen-bond acceptors (Lipinski definition) is 7. The van der Waals surface area contributed by atoms with Crippen LogP contribution in [-0.4, -0.2) is 68.2 Å². The maximum Gasteiger partial charge on any atom is 0.128 e. The molecule has 0 atom stereocenters. The number of aromatic nitrogens is 3. The second-order valence-corrected chi connectivity index (χ2v) is 9.84. The Hall–Kier alpha value is -4.19. The van der Waals surface area contributed by atoms with Crippen molar-refractivity contribution in [2.75, 3.05) is 33.2 Å². The summed E-state index contributed by atoms with van der Waals surface area (Å²) in [6.45, 7) is 7.46. The van der Waals surface area contributed by atoms with Gasteiger partial charge in [-0.15, -0.1) is 5.10 Å². The van der Waals surface area contributed by atoms with Crippen molar-refractivity contribution in [3.05, 3.63) is 82.9 Å². The Kier molecular flexibility index (Phi) is 7.40. The molecular formula is C30H32N6O2. The van der Waals surface area contributed by atoms with Crippen molar-refractivity contribution < 1.29 is 10.2 Å². The van der Waals surface area contributed by atoms with Crippen LogP contribution in [-0.2, 0) is 19.5 Å². The number of hydrogen-bond donors (Lipinski definition) is 2. The van der Waals surface area contributed by atoms with Gasteiger partial charge in [-0.05, 0) is 42.3 Å². The Morgan fingerprint density at radius 3 is 2.34 bits per heavy atom. The number of phenols is 2.